The second-order valence-electron chi connectivity index (χ2n) is 12.5. The fraction of sp³-hybridized carbons (Fsp3) is 0.351. The Hall–Kier alpha value is -4.33. The molecule has 0 unspecified atom stereocenters. The van der Waals surface area contributed by atoms with Crippen molar-refractivity contribution >= 4 is 35.2 Å². The molecule has 0 bridgehead atoms. The second kappa shape index (κ2) is 15.1. The van der Waals surface area contributed by atoms with Gasteiger partial charge < -0.3 is 20.1 Å². The first-order chi connectivity index (χ1) is 24.0. The lowest BCUT2D eigenvalue weighted by molar-refractivity contribution is -0.143. The number of phenolic OH excluding ortho intramolecular Hbond substituents is 1. The average Bonchev–Trinajstić information content (AvgIpc) is 3.33. The summed E-state index contributed by atoms with van der Waals surface area (Å²) >= 11 is 6.27. The van der Waals surface area contributed by atoms with Gasteiger partial charge in [0.2, 0.25) is 11.8 Å². The molecule has 0 saturated carbocycles. The van der Waals surface area contributed by atoms with Crippen molar-refractivity contribution in [1.82, 2.24) is 0 Å². The van der Waals surface area contributed by atoms with E-state index in [1.807, 2.05) is 13.0 Å². The fourth-order valence-corrected chi connectivity index (χ4v) is 7.01. The summed E-state index contributed by atoms with van der Waals surface area (Å²) in [5, 5.41) is 32.4. The molecule has 0 spiro atoms. The summed E-state index contributed by atoms with van der Waals surface area (Å²) in [6.45, 7) is 0.951. The van der Waals surface area contributed by atoms with E-state index < -0.39 is 71.4 Å². The maximum Gasteiger partial charge on any atom is 0.416 e. The number of nitrogens with zero attached hydrogens (tertiary/aromatic N) is 1. The number of carbonyl (C=O) groups excluding carboxylic acids is 2. The number of aliphatic hydroxyl groups excluding tert-OH is 2. The number of ether oxygens (including phenoxy) is 1. The molecule has 51 heavy (non-hydrogen) atoms. The van der Waals surface area contributed by atoms with E-state index in [1.165, 1.54) is 12.1 Å². The van der Waals surface area contributed by atoms with Crippen LogP contribution in [0.1, 0.15) is 49.3 Å². The van der Waals surface area contributed by atoms with Crippen LogP contribution in [0, 0.1) is 17.8 Å². The molecule has 0 aromatic heterocycles. The van der Waals surface area contributed by atoms with Crippen LogP contribution in [0.15, 0.2) is 83.4 Å². The van der Waals surface area contributed by atoms with Gasteiger partial charge in [-0.05, 0) is 90.9 Å². The molecule has 3 aromatic rings. The maximum absolute atomic E-state index is 13.9. The van der Waals surface area contributed by atoms with E-state index in [0.717, 1.165) is 5.57 Å². The zero-order chi connectivity index (χ0) is 37.2. The predicted molar refractivity (Wildman–Crippen MR) is 177 cm³/mol. The number of phenols is 1. The summed E-state index contributed by atoms with van der Waals surface area (Å²) < 4.78 is 88.1. The maximum atomic E-state index is 13.9. The Kier molecular flexibility index (Phi) is 11.2. The molecule has 1 heterocycles. The minimum absolute atomic E-state index is 0.0131. The number of halogens is 7. The fourth-order valence-electron chi connectivity index (χ4n) is 6.78. The van der Waals surface area contributed by atoms with Crippen LogP contribution < -0.4 is 9.64 Å². The molecule has 7 nitrogen and oxygen atoms in total. The van der Waals surface area contributed by atoms with E-state index in [-0.39, 0.29) is 36.8 Å². The summed E-state index contributed by atoms with van der Waals surface area (Å²) in [4.78, 5) is 28.1. The van der Waals surface area contributed by atoms with Crippen molar-refractivity contribution in [2.24, 2.45) is 17.8 Å². The number of aliphatic hydroxyl groups is 2. The molecule has 14 heteroatoms. The van der Waals surface area contributed by atoms with Crippen LogP contribution in [-0.4, -0.2) is 46.5 Å². The van der Waals surface area contributed by atoms with Crippen molar-refractivity contribution in [3.63, 3.8) is 0 Å². The number of benzene rings is 3. The number of anilines is 1. The monoisotopic (exact) mass is 737 g/mol. The van der Waals surface area contributed by atoms with E-state index in [1.54, 1.807) is 36.4 Å². The van der Waals surface area contributed by atoms with Crippen molar-refractivity contribution in [2.45, 2.75) is 51.1 Å². The molecule has 5 rings (SSSR count). The van der Waals surface area contributed by atoms with E-state index >= 15 is 0 Å². The highest BCUT2D eigenvalue weighted by Crippen LogP contribution is 2.49. The van der Waals surface area contributed by atoms with Crippen LogP contribution in [-0.2, 0) is 21.9 Å². The van der Waals surface area contributed by atoms with E-state index in [9.17, 15) is 51.3 Å². The Labute approximate surface area is 294 Å². The molecule has 1 aliphatic carbocycles. The summed E-state index contributed by atoms with van der Waals surface area (Å²) in [6.07, 6.45) is -9.16. The number of aromatic hydroxyl groups is 1. The second-order valence-corrected chi connectivity index (χ2v) is 12.9. The number of amides is 2. The molecular weight excluding hydrogens is 704 g/mol. The highest BCUT2D eigenvalue weighted by atomic mass is 35.5. The summed E-state index contributed by atoms with van der Waals surface area (Å²) in [7, 11) is 0. The number of alkyl halides is 6. The SMILES string of the molecule is CC/C(=C\c1ccc(O)cc1Cl)CC[C@@H](O)C1=C(COc2ccccc2)C[C@H]2C(=O)N(c3cc(C(F)(F)F)cc(C(F)(F)F)c3)C(=O)[C@H]2[C@H]1CO. The lowest BCUT2D eigenvalue weighted by Gasteiger charge is -2.36. The van der Waals surface area contributed by atoms with Gasteiger partial charge in [0.1, 0.15) is 18.1 Å². The van der Waals surface area contributed by atoms with Crippen LogP contribution in [0.5, 0.6) is 11.5 Å². The molecule has 3 aromatic carbocycles. The van der Waals surface area contributed by atoms with Crippen molar-refractivity contribution in [2.75, 3.05) is 18.1 Å². The number of allylic oxidation sites excluding steroid dienone is 1. The minimum atomic E-state index is -5.22. The minimum Gasteiger partial charge on any atom is -0.508 e. The molecule has 3 N–H and O–H groups in total. The van der Waals surface area contributed by atoms with Gasteiger partial charge >= 0.3 is 12.4 Å². The van der Waals surface area contributed by atoms with Gasteiger partial charge in [-0.25, -0.2) is 4.90 Å². The topological polar surface area (TPSA) is 107 Å². The highest BCUT2D eigenvalue weighted by molar-refractivity contribution is 6.32. The Bertz CT molecular complexity index is 1810. The third kappa shape index (κ3) is 8.26. The summed E-state index contributed by atoms with van der Waals surface area (Å²) in [5.74, 6) is -5.53. The quantitative estimate of drug-likeness (QED) is 0.104. The van der Waals surface area contributed by atoms with Crippen molar-refractivity contribution in [1.29, 1.82) is 0 Å². The average molecular weight is 738 g/mol. The summed E-state index contributed by atoms with van der Waals surface area (Å²) in [5.41, 5.74) is -2.20. The number of hydrogen-bond donors (Lipinski definition) is 3. The standard InChI is InChI=1S/C37H34ClF6NO6/c1-2-20(12-21-9-10-26(47)17-30(21)38)8-11-31(48)32-22(19-51-27-6-4-3-5-7-27)13-28-33(29(32)18-46)35(50)45(34(28)49)25-15-23(36(39,40)41)14-24(16-25)37(42,43)44/h3-7,9-10,12,14-17,28-29,31,33,46-48H,2,8,11,13,18-19H2,1H3/b20-12+/t28-,29+,31-,33-/m1/s1. The molecule has 2 aliphatic rings. The van der Waals surface area contributed by atoms with Gasteiger partial charge in [0.15, 0.2) is 0 Å². The summed E-state index contributed by atoms with van der Waals surface area (Å²) in [6, 6.07) is 13.5. The number of imide groups is 1. The Balaban J connectivity index is 1.51. The first kappa shape index (κ1) is 37.9. The molecule has 4 atom stereocenters. The largest absolute Gasteiger partial charge is 0.508 e. The zero-order valence-electron chi connectivity index (χ0n) is 27.1. The number of carbonyl (C=O) groups is 2. The molecule has 0 radical (unpaired) electrons. The lowest BCUT2D eigenvalue weighted by atomic mass is 9.68. The van der Waals surface area contributed by atoms with Gasteiger partial charge in [0, 0.05) is 5.92 Å². The van der Waals surface area contributed by atoms with E-state index in [2.05, 4.69) is 0 Å². The van der Waals surface area contributed by atoms with Crippen LogP contribution in [0.2, 0.25) is 5.02 Å². The number of fused-ring (bicyclic) bond motifs is 1. The van der Waals surface area contributed by atoms with Crippen LogP contribution in [0.4, 0.5) is 32.0 Å². The number of hydrogen-bond acceptors (Lipinski definition) is 6. The van der Waals surface area contributed by atoms with Crippen molar-refractivity contribution in [3.05, 3.63) is 105 Å². The van der Waals surface area contributed by atoms with Crippen LogP contribution in [0.3, 0.4) is 0 Å². The van der Waals surface area contributed by atoms with Crippen molar-refractivity contribution in [3.8, 4) is 11.5 Å². The third-order valence-electron chi connectivity index (χ3n) is 9.26. The molecule has 272 valence electrons. The molecular formula is C37H34ClF6NO6. The van der Waals surface area contributed by atoms with Gasteiger partial charge in [-0.3, -0.25) is 9.59 Å². The van der Waals surface area contributed by atoms with E-state index in [4.69, 9.17) is 16.3 Å². The normalized spacial score (nSPS) is 20.5. The van der Waals surface area contributed by atoms with Gasteiger partial charge in [0.25, 0.3) is 0 Å². The first-order valence-electron chi connectivity index (χ1n) is 16.1. The zero-order valence-corrected chi connectivity index (χ0v) is 27.9. The Morgan fingerprint density at radius 1 is 0.980 bits per heavy atom. The number of rotatable bonds is 11. The molecule has 1 aliphatic heterocycles. The smallest absolute Gasteiger partial charge is 0.416 e. The third-order valence-corrected chi connectivity index (χ3v) is 9.59. The van der Waals surface area contributed by atoms with Gasteiger partial charge in [-0.2, -0.15) is 26.3 Å². The molecule has 2 amide bonds. The Morgan fingerprint density at radius 3 is 2.20 bits per heavy atom. The van der Waals surface area contributed by atoms with E-state index in [0.29, 0.717) is 51.8 Å². The van der Waals surface area contributed by atoms with Gasteiger partial charge in [0.05, 0.1) is 46.4 Å². The lowest BCUT2D eigenvalue weighted by Crippen LogP contribution is -2.40. The van der Waals surface area contributed by atoms with Crippen LogP contribution >= 0.6 is 11.6 Å². The van der Waals surface area contributed by atoms with Crippen LogP contribution in [0.25, 0.3) is 6.08 Å². The highest BCUT2D eigenvalue weighted by Gasteiger charge is 2.56. The Morgan fingerprint density at radius 2 is 1.63 bits per heavy atom. The van der Waals surface area contributed by atoms with Gasteiger partial charge in [-0.15, -0.1) is 0 Å². The number of para-hydroxylation sites is 1. The first-order valence-corrected chi connectivity index (χ1v) is 16.4. The van der Waals surface area contributed by atoms with Gasteiger partial charge in [-0.1, -0.05) is 48.4 Å². The van der Waals surface area contributed by atoms with Crippen molar-refractivity contribution < 1.29 is 56.0 Å². The predicted octanol–water partition coefficient (Wildman–Crippen LogP) is 8.21. The molecule has 1 saturated heterocycles. The molecule has 1 fully saturated rings.